The zero-order chi connectivity index (χ0) is 22.7. The van der Waals surface area contributed by atoms with Crippen molar-refractivity contribution in [3.8, 4) is 5.82 Å². The fourth-order valence-electron chi connectivity index (χ4n) is 2.88. The highest BCUT2D eigenvalue weighted by Gasteiger charge is 2.25. The van der Waals surface area contributed by atoms with Crippen LogP contribution in [0.15, 0.2) is 52.2 Å². The smallest absolute Gasteiger partial charge is 0.293 e. The molecule has 0 spiro atoms. The van der Waals surface area contributed by atoms with E-state index in [1.807, 2.05) is 48.3 Å². The Labute approximate surface area is 191 Å². The van der Waals surface area contributed by atoms with Gasteiger partial charge < -0.3 is 10.6 Å². The number of nitrogens with one attached hydrogen (secondary N) is 1. The second kappa shape index (κ2) is 9.16. The molecule has 0 aliphatic carbocycles. The minimum atomic E-state index is -0.537. The first-order valence-electron chi connectivity index (χ1n) is 9.33. The van der Waals surface area contributed by atoms with Gasteiger partial charge >= 0.3 is 0 Å². The standard InChI is InChI=1S/C19H18ClN9O2S/c1-11(14-8-9-15(20)32-14)22-24-19(30)16-13(10-28(2)12-6-4-3-5-7-12)29(27-23-16)18-17(21)25-31-26-18/h3-9H,10H2,1-2H3,(H2,21,25)(H,24,30). The van der Waals surface area contributed by atoms with Gasteiger partial charge in [-0.2, -0.15) is 9.78 Å². The number of nitrogens with zero attached hydrogens (tertiary/aromatic N) is 7. The summed E-state index contributed by atoms with van der Waals surface area (Å²) in [6, 6.07) is 13.2. The summed E-state index contributed by atoms with van der Waals surface area (Å²) in [4.78, 5) is 15.7. The van der Waals surface area contributed by atoms with Gasteiger partial charge in [-0.25, -0.2) is 10.1 Å². The summed E-state index contributed by atoms with van der Waals surface area (Å²) < 4.78 is 6.65. The van der Waals surface area contributed by atoms with Crippen molar-refractivity contribution in [2.24, 2.45) is 5.10 Å². The fraction of sp³-hybridized carbons (Fsp3) is 0.158. The lowest BCUT2D eigenvalue weighted by molar-refractivity contribution is 0.0949. The molecule has 4 aromatic rings. The molecule has 32 heavy (non-hydrogen) atoms. The molecule has 0 unspecified atom stereocenters. The van der Waals surface area contributed by atoms with Gasteiger partial charge in [0, 0.05) is 12.7 Å². The zero-order valence-corrected chi connectivity index (χ0v) is 18.6. The predicted octanol–water partition coefficient (Wildman–Crippen LogP) is 2.74. The highest BCUT2D eigenvalue weighted by molar-refractivity contribution is 7.18. The molecule has 0 saturated carbocycles. The molecule has 0 aliphatic rings. The van der Waals surface area contributed by atoms with E-state index in [9.17, 15) is 4.79 Å². The fourth-order valence-corrected chi connectivity index (χ4v) is 3.87. The van der Waals surface area contributed by atoms with Crippen LogP contribution < -0.4 is 16.1 Å². The van der Waals surface area contributed by atoms with Crippen molar-refractivity contribution >= 4 is 46.1 Å². The maximum Gasteiger partial charge on any atom is 0.293 e. The molecule has 0 saturated heterocycles. The summed E-state index contributed by atoms with van der Waals surface area (Å²) in [5.74, 6) is -0.375. The Morgan fingerprint density at radius 3 is 2.72 bits per heavy atom. The lowest BCUT2D eigenvalue weighted by Gasteiger charge is -2.19. The van der Waals surface area contributed by atoms with E-state index in [4.69, 9.17) is 17.3 Å². The van der Waals surface area contributed by atoms with Gasteiger partial charge in [0.05, 0.1) is 27.2 Å². The van der Waals surface area contributed by atoms with Crippen molar-refractivity contribution in [2.75, 3.05) is 17.7 Å². The maximum absolute atomic E-state index is 12.9. The first-order valence-corrected chi connectivity index (χ1v) is 10.5. The Balaban J connectivity index is 1.64. The molecule has 13 heteroatoms. The van der Waals surface area contributed by atoms with Crippen molar-refractivity contribution in [2.45, 2.75) is 13.5 Å². The number of para-hydroxylation sites is 1. The molecule has 0 fully saturated rings. The van der Waals surface area contributed by atoms with Crippen molar-refractivity contribution in [3.05, 3.63) is 63.1 Å². The van der Waals surface area contributed by atoms with Crippen LogP contribution in [0.3, 0.4) is 0 Å². The SMILES string of the molecule is CC(=NNC(=O)c1nnn(-c2nonc2N)c1CN(C)c1ccccc1)c1ccc(Cl)s1. The van der Waals surface area contributed by atoms with Gasteiger partial charge in [0.15, 0.2) is 5.69 Å². The third kappa shape index (κ3) is 4.45. The number of rotatable bonds is 7. The minimum absolute atomic E-state index is 0.0221. The summed E-state index contributed by atoms with van der Waals surface area (Å²) >= 11 is 7.33. The number of anilines is 2. The second-order valence-electron chi connectivity index (χ2n) is 6.70. The number of thiophene rings is 1. The van der Waals surface area contributed by atoms with Crippen molar-refractivity contribution in [1.29, 1.82) is 0 Å². The molecule has 3 aromatic heterocycles. The Hall–Kier alpha value is -3.77. The molecular weight excluding hydrogens is 454 g/mol. The van der Waals surface area contributed by atoms with Crippen LogP contribution in [-0.2, 0) is 6.54 Å². The molecule has 4 rings (SSSR count). The molecular formula is C19H18ClN9O2S. The Morgan fingerprint density at radius 2 is 2.06 bits per heavy atom. The number of carbonyl (C=O) groups excluding carboxylic acids is 1. The van der Waals surface area contributed by atoms with Gasteiger partial charge in [-0.3, -0.25) is 4.79 Å². The quantitative estimate of drug-likeness (QED) is 0.309. The largest absolute Gasteiger partial charge is 0.378 e. The third-order valence-electron chi connectivity index (χ3n) is 4.51. The second-order valence-corrected chi connectivity index (χ2v) is 8.42. The van der Waals surface area contributed by atoms with E-state index in [-0.39, 0.29) is 23.9 Å². The first-order chi connectivity index (χ1) is 15.4. The van der Waals surface area contributed by atoms with Gasteiger partial charge in [-0.05, 0) is 41.5 Å². The molecule has 1 amide bonds. The van der Waals surface area contributed by atoms with E-state index >= 15 is 0 Å². The van der Waals surface area contributed by atoms with Gasteiger partial charge in [0.25, 0.3) is 5.91 Å². The monoisotopic (exact) mass is 471 g/mol. The lowest BCUT2D eigenvalue weighted by atomic mass is 10.2. The van der Waals surface area contributed by atoms with E-state index in [0.29, 0.717) is 15.7 Å². The van der Waals surface area contributed by atoms with E-state index in [1.165, 1.54) is 16.0 Å². The van der Waals surface area contributed by atoms with Gasteiger partial charge in [-0.1, -0.05) is 35.0 Å². The molecule has 164 valence electrons. The van der Waals surface area contributed by atoms with Gasteiger partial charge in [0.2, 0.25) is 11.6 Å². The lowest BCUT2D eigenvalue weighted by Crippen LogP contribution is -2.25. The first kappa shape index (κ1) is 21.5. The summed E-state index contributed by atoms with van der Waals surface area (Å²) in [6.45, 7) is 2.04. The number of aromatic nitrogens is 5. The minimum Gasteiger partial charge on any atom is -0.378 e. The van der Waals surface area contributed by atoms with Gasteiger partial charge in [0.1, 0.15) is 0 Å². The number of carbonyl (C=O) groups is 1. The number of hydrogen-bond acceptors (Lipinski definition) is 10. The normalized spacial score (nSPS) is 11.5. The summed E-state index contributed by atoms with van der Waals surface area (Å²) in [7, 11) is 1.88. The average molecular weight is 472 g/mol. The average Bonchev–Trinajstić information content (AvgIpc) is 3.52. The summed E-state index contributed by atoms with van der Waals surface area (Å²) in [5.41, 5.74) is 10.4. The number of hydrogen-bond donors (Lipinski definition) is 2. The maximum atomic E-state index is 12.9. The molecule has 0 bridgehead atoms. The molecule has 1 aromatic carbocycles. The van der Waals surface area contributed by atoms with Crippen molar-refractivity contribution < 1.29 is 9.42 Å². The van der Waals surface area contributed by atoms with E-state index in [1.54, 1.807) is 13.0 Å². The highest BCUT2D eigenvalue weighted by atomic mass is 35.5. The van der Waals surface area contributed by atoms with Crippen LogP contribution in [0.1, 0.15) is 28.0 Å². The number of nitrogens with two attached hydrogens (primary N) is 1. The van der Waals surface area contributed by atoms with Crippen molar-refractivity contribution in [3.63, 3.8) is 0 Å². The molecule has 11 nitrogen and oxygen atoms in total. The van der Waals surface area contributed by atoms with Crippen LogP contribution in [0.4, 0.5) is 11.5 Å². The van der Waals surface area contributed by atoms with Crippen LogP contribution in [0.2, 0.25) is 4.34 Å². The summed E-state index contributed by atoms with van der Waals surface area (Å²) in [5, 5.41) is 19.6. The molecule has 0 atom stereocenters. The number of benzene rings is 1. The van der Waals surface area contributed by atoms with E-state index in [2.05, 4.69) is 35.8 Å². The van der Waals surface area contributed by atoms with Gasteiger partial charge in [-0.15, -0.1) is 16.4 Å². The number of halogens is 1. The molecule has 3 heterocycles. The Morgan fingerprint density at radius 1 is 1.28 bits per heavy atom. The zero-order valence-electron chi connectivity index (χ0n) is 17.1. The highest BCUT2D eigenvalue weighted by Crippen LogP contribution is 2.22. The van der Waals surface area contributed by atoms with Crippen LogP contribution >= 0.6 is 22.9 Å². The van der Waals surface area contributed by atoms with E-state index in [0.717, 1.165) is 10.6 Å². The van der Waals surface area contributed by atoms with Crippen LogP contribution in [0.25, 0.3) is 5.82 Å². The molecule has 0 aliphatic heterocycles. The third-order valence-corrected chi connectivity index (χ3v) is 5.85. The summed E-state index contributed by atoms with van der Waals surface area (Å²) in [6.07, 6.45) is 0. The van der Waals surface area contributed by atoms with Crippen molar-refractivity contribution in [1.82, 2.24) is 30.7 Å². The van der Waals surface area contributed by atoms with Crippen LogP contribution in [-0.4, -0.2) is 44.0 Å². The molecule has 3 N–H and O–H groups in total. The Kier molecular flexibility index (Phi) is 6.14. The molecule has 0 radical (unpaired) electrons. The van der Waals surface area contributed by atoms with Crippen LogP contribution in [0, 0.1) is 0 Å². The van der Waals surface area contributed by atoms with Crippen LogP contribution in [0.5, 0.6) is 0 Å². The number of hydrazone groups is 1. The predicted molar refractivity (Wildman–Crippen MR) is 121 cm³/mol. The van der Waals surface area contributed by atoms with E-state index < -0.39 is 5.91 Å². The number of amides is 1. The topological polar surface area (TPSA) is 140 Å². The number of nitrogen functional groups attached to an aromatic ring is 1. The Bertz CT molecular complexity index is 1260.